The van der Waals surface area contributed by atoms with E-state index in [4.69, 9.17) is 11.7 Å². The maximum absolute atomic E-state index is 14.0. The van der Waals surface area contributed by atoms with Crippen LogP contribution in [0.15, 0.2) is 35.9 Å². The van der Waals surface area contributed by atoms with Crippen molar-refractivity contribution in [3.05, 3.63) is 52.9 Å². The molecule has 0 aromatic heterocycles. The van der Waals surface area contributed by atoms with Gasteiger partial charge in [0.05, 0.1) is 18.7 Å². The van der Waals surface area contributed by atoms with Crippen LogP contribution >= 0.6 is 0 Å². The van der Waals surface area contributed by atoms with Gasteiger partial charge in [0, 0.05) is 24.5 Å². The number of nitrogens with zero attached hydrogens (tertiary/aromatic N) is 2. The quantitative estimate of drug-likeness (QED) is 0.145. The van der Waals surface area contributed by atoms with Crippen molar-refractivity contribution in [2.75, 3.05) is 14.1 Å². The Hall–Kier alpha value is -4.24. The molecule has 0 bridgehead atoms. The van der Waals surface area contributed by atoms with Crippen LogP contribution in [0.2, 0.25) is 0 Å². The Bertz CT molecular complexity index is 1320. The van der Waals surface area contributed by atoms with Gasteiger partial charge in [-0.2, -0.15) is 0 Å². The van der Waals surface area contributed by atoms with E-state index >= 15 is 0 Å². The number of carbonyl (C=O) groups is 5. The molecule has 0 aliphatic heterocycles. The topological polar surface area (TPSA) is 169 Å². The molecule has 45 heavy (non-hydrogen) atoms. The molecule has 0 spiro atoms. The van der Waals surface area contributed by atoms with Gasteiger partial charge in [-0.15, -0.1) is 0 Å². The average Bonchev–Trinajstić information content (AvgIpc) is 2.94. The van der Waals surface area contributed by atoms with Crippen molar-refractivity contribution in [3.8, 4) is 0 Å². The zero-order valence-electron chi connectivity index (χ0n) is 28.0. The van der Waals surface area contributed by atoms with Gasteiger partial charge in [0.15, 0.2) is 5.69 Å². The van der Waals surface area contributed by atoms with E-state index in [9.17, 15) is 29.1 Å². The number of aliphatic carboxylic acids is 2. The van der Waals surface area contributed by atoms with Crippen molar-refractivity contribution in [3.63, 3.8) is 0 Å². The van der Waals surface area contributed by atoms with Crippen LogP contribution in [0.4, 0.5) is 5.69 Å². The van der Waals surface area contributed by atoms with Crippen LogP contribution in [0, 0.1) is 17.9 Å². The first-order valence-electron chi connectivity index (χ1n) is 14.8. The van der Waals surface area contributed by atoms with E-state index in [-0.39, 0.29) is 23.8 Å². The lowest BCUT2D eigenvalue weighted by Gasteiger charge is -2.40. The molecular weight excluding hydrogens is 578 g/mol. The number of rotatable bonds is 15. The van der Waals surface area contributed by atoms with Crippen molar-refractivity contribution >= 4 is 35.3 Å². The summed E-state index contributed by atoms with van der Waals surface area (Å²) in [7, 11) is 3.25. The first-order chi connectivity index (χ1) is 20.7. The van der Waals surface area contributed by atoms with Gasteiger partial charge in [-0.25, -0.2) is 9.64 Å². The number of carbonyl (C=O) groups excluding carboxylic acids is 3. The van der Waals surface area contributed by atoms with Crippen LogP contribution < -0.4 is 16.0 Å². The van der Waals surface area contributed by atoms with Crippen molar-refractivity contribution < 1.29 is 34.2 Å². The Labute approximate surface area is 266 Å². The lowest BCUT2D eigenvalue weighted by atomic mass is 9.76. The van der Waals surface area contributed by atoms with Gasteiger partial charge < -0.3 is 31.1 Å². The Morgan fingerprint density at radius 2 is 1.62 bits per heavy atom. The van der Waals surface area contributed by atoms with Crippen LogP contribution in [-0.2, 0) is 29.4 Å². The molecule has 0 aliphatic rings. The number of likely N-dealkylation sites (N-methyl/N-ethyl adjacent to an activating group) is 2. The number of carboxylic acid groups (broad SMARTS) is 2. The minimum atomic E-state index is -1.39. The van der Waals surface area contributed by atoms with Gasteiger partial charge in [0.2, 0.25) is 17.7 Å². The van der Waals surface area contributed by atoms with Crippen LogP contribution in [-0.4, -0.2) is 83.0 Å². The van der Waals surface area contributed by atoms with Gasteiger partial charge in [-0.1, -0.05) is 84.4 Å². The second-order valence-corrected chi connectivity index (χ2v) is 13.2. The van der Waals surface area contributed by atoms with Crippen LogP contribution in [0.5, 0.6) is 0 Å². The number of hydrogen-bond donors (Lipinski definition) is 5. The summed E-state index contributed by atoms with van der Waals surface area (Å²) in [6.07, 6.45) is 0.863. The first kappa shape index (κ1) is 38.8. The third-order valence-electron chi connectivity index (χ3n) is 7.90. The number of nitrogens with one attached hydrogen (secondary N) is 3. The highest BCUT2D eigenvalue weighted by Gasteiger charge is 2.41. The van der Waals surface area contributed by atoms with Crippen molar-refractivity contribution in [2.45, 2.75) is 97.8 Å². The Balaban J connectivity index is 3.32. The minimum absolute atomic E-state index is 0.157. The highest BCUT2D eigenvalue weighted by atomic mass is 16.4. The smallest absolute Gasteiger partial charge is 0.326 e. The highest BCUT2D eigenvalue weighted by Crippen LogP contribution is 2.31. The fourth-order valence-corrected chi connectivity index (χ4v) is 5.07. The predicted octanol–water partition coefficient (Wildman–Crippen LogP) is 3.50. The van der Waals surface area contributed by atoms with E-state index in [1.54, 1.807) is 38.4 Å². The van der Waals surface area contributed by atoms with Crippen LogP contribution in [0.1, 0.15) is 73.8 Å². The third-order valence-corrected chi connectivity index (χ3v) is 7.90. The summed E-state index contributed by atoms with van der Waals surface area (Å²) in [6.45, 7) is 21.9. The molecule has 0 heterocycles. The fraction of sp³-hybridized carbons (Fsp3) is 0.576. The second-order valence-electron chi connectivity index (χ2n) is 13.2. The molecule has 0 saturated heterocycles. The van der Waals surface area contributed by atoms with E-state index in [2.05, 4.69) is 20.8 Å². The van der Waals surface area contributed by atoms with Crippen molar-refractivity contribution in [2.24, 2.45) is 11.3 Å². The van der Waals surface area contributed by atoms with Gasteiger partial charge in [0.1, 0.15) is 12.1 Å². The van der Waals surface area contributed by atoms with Gasteiger partial charge >= 0.3 is 11.9 Å². The Kier molecular flexibility index (Phi) is 13.9. The molecular formula is C33H49N5O7. The molecule has 0 fully saturated rings. The monoisotopic (exact) mass is 627 g/mol. The maximum atomic E-state index is 14.0. The van der Waals surface area contributed by atoms with E-state index in [1.165, 1.54) is 11.8 Å². The molecule has 3 amide bonds. The van der Waals surface area contributed by atoms with Gasteiger partial charge in [-0.3, -0.25) is 19.2 Å². The average molecular weight is 628 g/mol. The molecule has 1 aromatic carbocycles. The molecule has 248 valence electrons. The molecule has 12 nitrogen and oxygen atoms in total. The molecule has 0 saturated carbocycles. The molecule has 1 rings (SSSR count). The van der Waals surface area contributed by atoms with E-state index in [1.807, 2.05) is 54.5 Å². The summed E-state index contributed by atoms with van der Waals surface area (Å²) in [5.41, 5.74) is -0.0546. The largest absolute Gasteiger partial charge is 0.481 e. The second kappa shape index (κ2) is 16.2. The van der Waals surface area contributed by atoms with Crippen LogP contribution in [0.25, 0.3) is 4.85 Å². The van der Waals surface area contributed by atoms with Gasteiger partial charge in [0.25, 0.3) is 0 Å². The number of amides is 3. The lowest BCUT2D eigenvalue weighted by Crippen LogP contribution is -2.61. The molecule has 0 radical (unpaired) electrons. The minimum Gasteiger partial charge on any atom is -0.481 e. The summed E-state index contributed by atoms with van der Waals surface area (Å²) in [5.74, 6) is -4.17. The summed E-state index contributed by atoms with van der Waals surface area (Å²) in [6, 6.07) is 3.38. The number of carboxylic acids is 2. The third kappa shape index (κ3) is 10.7. The summed E-state index contributed by atoms with van der Waals surface area (Å²) < 4.78 is 0. The fourth-order valence-electron chi connectivity index (χ4n) is 5.07. The zero-order valence-corrected chi connectivity index (χ0v) is 28.0. The normalized spacial score (nSPS) is 14.8. The zero-order chi connectivity index (χ0) is 34.9. The van der Waals surface area contributed by atoms with E-state index in [0.717, 1.165) is 5.56 Å². The van der Waals surface area contributed by atoms with Gasteiger partial charge in [-0.05, 0) is 31.7 Å². The van der Waals surface area contributed by atoms with Crippen LogP contribution in [0.3, 0.4) is 0 Å². The van der Waals surface area contributed by atoms with E-state index in [0.29, 0.717) is 5.69 Å². The molecule has 12 heteroatoms. The number of benzene rings is 1. The maximum Gasteiger partial charge on any atom is 0.326 e. The summed E-state index contributed by atoms with van der Waals surface area (Å²) in [5, 5.41) is 26.7. The Morgan fingerprint density at radius 3 is 2.09 bits per heavy atom. The molecule has 5 N–H and O–H groups in total. The molecule has 0 unspecified atom stereocenters. The highest BCUT2D eigenvalue weighted by molar-refractivity contribution is 5.96. The first-order valence-corrected chi connectivity index (χ1v) is 14.8. The van der Waals surface area contributed by atoms with Crippen molar-refractivity contribution in [1.29, 1.82) is 0 Å². The summed E-state index contributed by atoms with van der Waals surface area (Å²) >= 11 is 0. The standard InChI is InChI=1S/C33H49N5O7/c1-19(2)24(17-20(3)28(41)36-23(31(44)45)15-16-25(39)40)38(11)30(43)27(32(4,5)6)37-29(42)26(35-10)33(7,8)21-13-12-14-22(18-21)34-9/h12-14,17-19,23-24,26-27,35H,15-16H2,1-8,10-11H3,(H,36,41)(H,37,42)(H,39,40)(H,44,45)/b20-17+/t23-,24-,26-,27-/m1/s1. The summed E-state index contributed by atoms with van der Waals surface area (Å²) in [4.78, 5) is 68.2. The van der Waals surface area contributed by atoms with E-state index < -0.39 is 65.2 Å². The molecule has 4 atom stereocenters. The SMILES string of the molecule is [C-]#[N+]c1cccc(C(C)(C)[C@H](NC)C(=O)N[C@H](C(=O)N(C)[C@H](/C=C(\C)C(=O)N[C@H](CCC(=O)O)C(=O)O)C(C)C)C(C)(C)C)c1. The number of hydrogen-bond acceptors (Lipinski definition) is 6. The van der Waals surface area contributed by atoms with Crippen molar-refractivity contribution in [1.82, 2.24) is 20.9 Å². The molecule has 0 aliphatic carbocycles. The molecule has 1 aromatic rings. The predicted molar refractivity (Wildman–Crippen MR) is 172 cm³/mol. The lowest BCUT2D eigenvalue weighted by molar-refractivity contribution is -0.142. The Morgan fingerprint density at radius 1 is 1.02 bits per heavy atom.